The van der Waals surface area contributed by atoms with Gasteiger partial charge in [-0.05, 0) is 30.2 Å². The minimum absolute atomic E-state index is 0.0771. The molecule has 1 aromatic carbocycles. The highest BCUT2D eigenvalue weighted by atomic mass is 16.5. The fourth-order valence-electron chi connectivity index (χ4n) is 1.92. The third-order valence-electron chi connectivity index (χ3n) is 3.01. The molecule has 1 aromatic heterocycles. The van der Waals surface area contributed by atoms with Gasteiger partial charge in [-0.3, -0.25) is 4.79 Å². The number of hydrogen-bond acceptors (Lipinski definition) is 3. The third kappa shape index (κ3) is 3.32. The van der Waals surface area contributed by atoms with E-state index < -0.39 is 0 Å². The Hall–Kier alpha value is -2.43. The fourth-order valence-corrected chi connectivity index (χ4v) is 1.92. The summed E-state index contributed by atoms with van der Waals surface area (Å²) in [5.74, 6) is 1.32. The second kappa shape index (κ2) is 6.65. The van der Waals surface area contributed by atoms with Crippen molar-refractivity contribution in [2.45, 2.75) is 6.42 Å². The molecule has 0 atom stereocenters. The van der Waals surface area contributed by atoms with Gasteiger partial charge in [0.25, 0.3) is 5.91 Å². The van der Waals surface area contributed by atoms with Crippen LogP contribution < -0.4 is 14.8 Å². The monoisotopic (exact) mass is 274 g/mol. The lowest BCUT2D eigenvalue weighted by Gasteiger charge is -2.10. The Balaban J connectivity index is 1.89. The molecule has 0 aliphatic carbocycles. The number of ether oxygens (including phenoxy) is 2. The molecular formula is C15H18N2O3. The number of nitrogens with one attached hydrogen (secondary N) is 2. The average Bonchev–Trinajstić information content (AvgIpc) is 3.01. The molecule has 1 heterocycles. The van der Waals surface area contributed by atoms with Crippen LogP contribution in [-0.2, 0) is 6.42 Å². The summed E-state index contributed by atoms with van der Waals surface area (Å²) >= 11 is 0. The van der Waals surface area contributed by atoms with Crippen LogP contribution in [0.2, 0.25) is 0 Å². The summed E-state index contributed by atoms with van der Waals surface area (Å²) < 4.78 is 10.4. The molecular weight excluding hydrogens is 256 g/mol. The molecule has 0 saturated heterocycles. The molecule has 0 fully saturated rings. The normalized spacial score (nSPS) is 10.1. The fraction of sp³-hybridized carbons (Fsp3) is 0.267. The first kappa shape index (κ1) is 14.0. The molecule has 106 valence electrons. The summed E-state index contributed by atoms with van der Waals surface area (Å²) in [6.07, 6.45) is 4.13. The smallest absolute Gasteiger partial charge is 0.252 e. The zero-order chi connectivity index (χ0) is 14.4. The lowest BCUT2D eigenvalue weighted by Crippen LogP contribution is -2.25. The van der Waals surface area contributed by atoms with E-state index in [0.717, 1.165) is 12.0 Å². The first-order valence-corrected chi connectivity index (χ1v) is 6.36. The number of benzene rings is 1. The molecule has 0 bridgehead atoms. The lowest BCUT2D eigenvalue weighted by atomic mass is 10.1. The van der Waals surface area contributed by atoms with Gasteiger partial charge in [-0.15, -0.1) is 0 Å². The van der Waals surface area contributed by atoms with E-state index >= 15 is 0 Å². The van der Waals surface area contributed by atoms with Gasteiger partial charge in [0, 0.05) is 18.9 Å². The van der Waals surface area contributed by atoms with Crippen molar-refractivity contribution in [3.05, 3.63) is 47.8 Å². The van der Waals surface area contributed by atoms with Crippen LogP contribution in [0.5, 0.6) is 11.5 Å². The topological polar surface area (TPSA) is 63.3 Å². The van der Waals surface area contributed by atoms with Gasteiger partial charge in [-0.1, -0.05) is 6.07 Å². The van der Waals surface area contributed by atoms with Crippen LogP contribution in [0, 0.1) is 0 Å². The Kier molecular flexibility index (Phi) is 4.65. The number of H-pyrrole nitrogens is 1. The molecule has 0 unspecified atom stereocenters. The number of carbonyl (C=O) groups is 1. The molecule has 2 N–H and O–H groups in total. The van der Waals surface area contributed by atoms with Crippen LogP contribution in [-0.4, -0.2) is 31.7 Å². The maximum Gasteiger partial charge on any atom is 0.252 e. The number of carbonyl (C=O) groups excluding carboxylic acids is 1. The van der Waals surface area contributed by atoms with Crippen LogP contribution in [0.15, 0.2) is 36.7 Å². The van der Waals surface area contributed by atoms with Gasteiger partial charge in [-0.2, -0.15) is 0 Å². The molecule has 0 aliphatic heterocycles. The van der Waals surface area contributed by atoms with Crippen molar-refractivity contribution < 1.29 is 14.3 Å². The Morgan fingerprint density at radius 3 is 2.65 bits per heavy atom. The maximum absolute atomic E-state index is 11.7. The van der Waals surface area contributed by atoms with Crippen molar-refractivity contribution in [2.24, 2.45) is 0 Å². The molecule has 0 saturated carbocycles. The van der Waals surface area contributed by atoms with Crippen LogP contribution in [0.1, 0.15) is 15.9 Å². The van der Waals surface area contributed by atoms with Gasteiger partial charge in [0.1, 0.15) is 0 Å². The van der Waals surface area contributed by atoms with E-state index in [-0.39, 0.29) is 5.91 Å². The summed E-state index contributed by atoms with van der Waals surface area (Å²) in [7, 11) is 3.21. The number of hydrogen-bond donors (Lipinski definition) is 2. The summed E-state index contributed by atoms with van der Waals surface area (Å²) in [5.41, 5.74) is 1.72. The Bertz CT molecular complexity index is 565. The standard InChI is InChI=1S/C15H18N2O3/c1-19-13-4-3-11(9-14(13)20-2)5-8-17-15(18)12-6-7-16-10-12/h3-4,6-7,9-10,16H,5,8H2,1-2H3,(H,17,18). The van der Waals surface area contributed by atoms with E-state index in [2.05, 4.69) is 10.3 Å². The lowest BCUT2D eigenvalue weighted by molar-refractivity contribution is 0.0954. The van der Waals surface area contributed by atoms with Gasteiger partial charge in [-0.25, -0.2) is 0 Å². The molecule has 0 spiro atoms. The van der Waals surface area contributed by atoms with Crippen molar-refractivity contribution >= 4 is 5.91 Å². The summed E-state index contributed by atoms with van der Waals surface area (Å²) in [5, 5.41) is 2.87. The number of aromatic nitrogens is 1. The van der Waals surface area contributed by atoms with Gasteiger partial charge in [0.2, 0.25) is 0 Å². The van der Waals surface area contributed by atoms with Gasteiger partial charge in [0.05, 0.1) is 19.8 Å². The van der Waals surface area contributed by atoms with Gasteiger partial charge < -0.3 is 19.8 Å². The summed E-state index contributed by atoms with van der Waals surface area (Å²) in [6, 6.07) is 7.49. The number of aromatic amines is 1. The van der Waals surface area contributed by atoms with Crippen LogP contribution in [0.4, 0.5) is 0 Å². The molecule has 5 heteroatoms. The highest BCUT2D eigenvalue weighted by Gasteiger charge is 2.06. The maximum atomic E-state index is 11.7. The van der Waals surface area contributed by atoms with Crippen molar-refractivity contribution in [1.29, 1.82) is 0 Å². The molecule has 0 aliphatic rings. The van der Waals surface area contributed by atoms with Gasteiger partial charge >= 0.3 is 0 Å². The average molecular weight is 274 g/mol. The van der Waals surface area contributed by atoms with E-state index in [9.17, 15) is 4.79 Å². The van der Waals surface area contributed by atoms with Crippen LogP contribution in [0.3, 0.4) is 0 Å². The SMILES string of the molecule is COc1ccc(CCNC(=O)c2cc[nH]c2)cc1OC. The minimum Gasteiger partial charge on any atom is -0.493 e. The predicted octanol–water partition coefficient (Wildman–Crippen LogP) is 2.00. The van der Waals surface area contributed by atoms with E-state index in [1.807, 2.05) is 18.2 Å². The van der Waals surface area contributed by atoms with E-state index in [1.54, 1.807) is 32.7 Å². The van der Waals surface area contributed by atoms with Crippen LogP contribution >= 0.6 is 0 Å². The predicted molar refractivity (Wildman–Crippen MR) is 76.4 cm³/mol. The zero-order valence-corrected chi connectivity index (χ0v) is 11.6. The first-order valence-electron chi connectivity index (χ1n) is 6.36. The highest BCUT2D eigenvalue weighted by molar-refractivity contribution is 5.93. The zero-order valence-electron chi connectivity index (χ0n) is 11.6. The Labute approximate surface area is 117 Å². The number of methoxy groups -OCH3 is 2. The molecule has 2 rings (SSSR count). The number of amides is 1. The third-order valence-corrected chi connectivity index (χ3v) is 3.01. The molecule has 5 nitrogen and oxygen atoms in total. The van der Waals surface area contributed by atoms with Crippen molar-refractivity contribution in [3.63, 3.8) is 0 Å². The molecule has 1 amide bonds. The quantitative estimate of drug-likeness (QED) is 0.847. The van der Waals surface area contributed by atoms with Crippen LogP contribution in [0.25, 0.3) is 0 Å². The largest absolute Gasteiger partial charge is 0.493 e. The number of rotatable bonds is 6. The Morgan fingerprint density at radius 2 is 2.00 bits per heavy atom. The highest BCUT2D eigenvalue weighted by Crippen LogP contribution is 2.27. The molecule has 0 radical (unpaired) electrons. The van der Waals surface area contributed by atoms with E-state index in [1.165, 1.54) is 0 Å². The van der Waals surface area contributed by atoms with Crippen molar-refractivity contribution in [1.82, 2.24) is 10.3 Å². The second-order valence-corrected chi connectivity index (χ2v) is 4.29. The van der Waals surface area contributed by atoms with Gasteiger partial charge in [0.15, 0.2) is 11.5 Å². The summed E-state index contributed by atoms with van der Waals surface area (Å²) in [4.78, 5) is 14.6. The molecule has 2 aromatic rings. The van der Waals surface area contributed by atoms with Crippen molar-refractivity contribution in [2.75, 3.05) is 20.8 Å². The van der Waals surface area contributed by atoms with E-state index in [0.29, 0.717) is 23.6 Å². The summed E-state index contributed by atoms with van der Waals surface area (Å²) in [6.45, 7) is 0.569. The first-order chi connectivity index (χ1) is 9.74. The Morgan fingerprint density at radius 1 is 1.20 bits per heavy atom. The van der Waals surface area contributed by atoms with E-state index in [4.69, 9.17) is 9.47 Å². The second-order valence-electron chi connectivity index (χ2n) is 4.29. The van der Waals surface area contributed by atoms with Crippen molar-refractivity contribution in [3.8, 4) is 11.5 Å². The minimum atomic E-state index is -0.0771. The molecule has 20 heavy (non-hydrogen) atoms.